The van der Waals surface area contributed by atoms with E-state index in [2.05, 4.69) is 240 Å². The zero-order valence-electron chi connectivity index (χ0n) is 36.0. The summed E-state index contributed by atoms with van der Waals surface area (Å²) in [4.78, 5) is 2.55. The van der Waals surface area contributed by atoms with Gasteiger partial charge in [0.25, 0.3) is 0 Å². The van der Waals surface area contributed by atoms with Crippen molar-refractivity contribution >= 4 is 71.4 Å². The van der Waals surface area contributed by atoms with E-state index in [1.54, 1.807) is 0 Å². The fourth-order valence-electron chi connectivity index (χ4n) is 12.9. The fraction of sp³-hybridized carbons (Fsp3) is 0.0645. The SMILES string of the molecule is CC1(C)c2ccccc2N(c2ccc3c(c2)c2ccccc2n3-c2ccc3ccccc3c2)c2ccc3c(c21)-c1ccccc1C31c2ccccc2-n2c3ccccc3c3cccc1c32. The monoisotopic (exact) mass is 827 g/mol. The Morgan fingerprint density at radius 3 is 1.82 bits per heavy atom. The van der Waals surface area contributed by atoms with Crippen LogP contribution in [0.2, 0.25) is 0 Å². The number of hydrogen-bond donors (Lipinski definition) is 0. The highest BCUT2D eigenvalue weighted by atomic mass is 15.2. The van der Waals surface area contributed by atoms with Gasteiger partial charge in [-0.3, -0.25) is 0 Å². The van der Waals surface area contributed by atoms with Crippen LogP contribution in [0, 0.1) is 0 Å². The standard InChI is InChI=1S/C62H41N3/c1-61(2)48-23-9-13-28-55(48)64(41-32-34-54-46(37-41)43-19-7-11-26-52(43)63(54)40-31-30-38-16-3-4-17-39(38)36-40)57-35-33-50-58(59(57)61)45-20-5-8-22-47(45)62(50)49-24-10-14-29-56(49)65-53-27-12-6-18-42(53)44-21-15-25-51(62)60(44)65/h3-37H,1-2H3. The van der Waals surface area contributed by atoms with Gasteiger partial charge in [0.2, 0.25) is 0 Å². The Kier molecular flexibility index (Phi) is 6.69. The molecule has 0 saturated heterocycles. The highest BCUT2D eigenvalue weighted by Gasteiger charge is 2.53. The van der Waals surface area contributed by atoms with Gasteiger partial charge in [0.05, 0.1) is 44.5 Å². The number of para-hydroxylation sites is 5. The topological polar surface area (TPSA) is 13.1 Å². The van der Waals surface area contributed by atoms with E-state index in [1.807, 2.05) is 0 Å². The summed E-state index contributed by atoms with van der Waals surface area (Å²) in [6.07, 6.45) is 0. The first kappa shape index (κ1) is 35.3. The minimum atomic E-state index is -0.525. The van der Waals surface area contributed by atoms with Crippen LogP contribution in [0.25, 0.3) is 76.9 Å². The number of nitrogens with zero attached hydrogens (tertiary/aromatic N) is 3. The molecule has 15 rings (SSSR count). The Hall–Kier alpha value is -8.14. The van der Waals surface area contributed by atoms with Crippen molar-refractivity contribution in [1.82, 2.24) is 9.13 Å². The largest absolute Gasteiger partial charge is 0.310 e. The van der Waals surface area contributed by atoms with Crippen molar-refractivity contribution in [2.45, 2.75) is 24.7 Å². The van der Waals surface area contributed by atoms with Crippen LogP contribution in [0.1, 0.15) is 47.2 Å². The number of aromatic nitrogens is 2. The molecule has 0 fully saturated rings. The molecule has 1 spiro atoms. The van der Waals surface area contributed by atoms with Crippen molar-refractivity contribution in [2.24, 2.45) is 0 Å². The summed E-state index contributed by atoms with van der Waals surface area (Å²) >= 11 is 0. The van der Waals surface area contributed by atoms with E-state index < -0.39 is 5.41 Å². The third kappa shape index (κ3) is 4.27. The average molecular weight is 828 g/mol. The molecule has 304 valence electrons. The lowest BCUT2D eigenvalue weighted by molar-refractivity contribution is 0.632. The van der Waals surface area contributed by atoms with Crippen LogP contribution < -0.4 is 4.90 Å². The molecule has 0 N–H and O–H groups in total. The summed E-state index contributed by atoms with van der Waals surface area (Å²) in [5.41, 5.74) is 20.9. The molecule has 2 aromatic heterocycles. The van der Waals surface area contributed by atoms with Crippen LogP contribution in [-0.4, -0.2) is 9.13 Å². The Morgan fingerprint density at radius 2 is 0.969 bits per heavy atom. The van der Waals surface area contributed by atoms with Crippen LogP contribution >= 0.6 is 0 Å². The molecular formula is C62H41N3. The average Bonchev–Trinajstić information content (AvgIpc) is 3.98. The summed E-state index contributed by atoms with van der Waals surface area (Å²) in [6, 6.07) is 80.0. The fourth-order valence-corrected chi connectivity index (χ4v) is 12.9. The lowest BCUT2D eigenvalue weighted by Crippen LogP contribution is -2.34. The van der Waals surface area contributed by atoms with Gasteiger partial charge in [-0.1, -0.05) is 166 Å². The third-order valence-electron chi connectivity index (χ3n) is 15.4. The molecule has 0 bridgehead atoms. The van der Waals surface area contributed by atoms with Gasteiger partial charge in [-0.05, 0) is 116 Å². The second-order valence-corrected chi connectivity index (χ2v) is 18.8. The van der Waals surface area contributed by atoms with Crippen molar-refractivity contribution in [1.29, 1.82) is 0 Å². The molecule has 10 aromatic carbocycles. The molecule has 3 aliphatic rings. The molecule has 12 aromatic rings. The van der Waals surface area contributed by atoms with Crippen LogP contribution in [0.4, 0.5) is 17.1 Å². The van der Waals surface area contributed by atoms with E-state index >= 15 is 0 Å². The van der Waals surface area contributed by atoms with Gasteiger partial charge in [-0.25, -0.2) is 0 Å². The molecule has 0 amide bonds. The van der Waals surface area contributed by atoms with Gasteiger partial charge in [0.1, 0.15) is 0 Å². The Labute approximate surface area is 376 Å². The maximum Gasteiger partial charge on any atom is 0.0754 e. The normalized spacial score (nSPS) is 16.3. The maximum atomic E-state index is 2.55. The van der Waals surface area contributed by atoms with Gasteiger partial charge in [0, 0.05) is 38.3 Å². The third-order valence-corrected chi connectivity index (χ3v) is 15.4. The zero-order valence-corrected chi connectivity index (χ0v) is 36.0. The van der Waals surface area contributed by atoms with Gasteiger partial charge >= 0.3 is 0 Å². The molecule has 1 unspecified atom stereocenters. The van der Waals surface area contributed by atoms with Crippen molar-refractivity contribution in [3.8, 4) is 22.5 Å². The number of hydrogen-bond acceptors (Lipinski definition) is 1. The van der Waals surface area contributed by atoms with E-state index in [-0.39, 0.29) is 5.41 Å². The molecule has 2 aliphatic heterocycles. The summed E-state index contributed by atoms with van der Waals surface area (Å²) in [5.74, 6) is 0. The molecule has 1 atom stereocenters. The molecule has 3 heteroatoms. The predicted octanol–water partition coefficient (Wildman–Crippen LogP) is 15.8. The number of rotatable bonds is 2. The minimum absolute atomic E-state index is 0.322. The van der Waals surface area contributed by atoms with Crippen molar-refractivity contribution in [2.75, 3.05) is 4.90 Å². The highest BCUT2D eigenvalue weighted by Crippen LogP contribution is 2.65. The van der Waals surface area contributed by atoms with E-state index in [0.29, 0.717) is 0 Å². The summed E-state index contributed by atoms with van der Waals surface area (Å²) in [7, 11) is 0. The number of anilines is 3. The lowest BCUT2D eigenvalue weighted by atomic mass is 9.64. The van der Waals surface area contributed by atoms with Gasteiger partial charge < -0.3 is 14.0 Å². The van der Waals surface area contributed by atoms with Crippen LogP contribution in [0.15, 0.2) is 212 Å². The zero-order chi connectivity index (χ0) is 42.8. The molecule has 3 nitrogen and oxygen atoms in total. The van der Waals surface area contributed by atoms with Gasteiger partial charge in [-0.15, -0.1) is 0 Å². The quantitative estimate of drug-likeness (QED) is 0.169. The van der Waals surface area contributed by atoms with Crippen molar-refractivity contribution in [3.05, 3.63) is 246 Å². The van der Waals surface area contributed by atoms with Gasteiger partial charge in [-0.2, -0.15) is 0 Å². The Morgan fingerprint density at radius 1 is 0.354 bits per heavy atom. The minimum Gasteiger partial charge on any atom is -0.310 e. The smallest absolute Gasteiger partial charge is 0.0754 e. The van der Waals surface area contributed by atoms with Crippen molar-refractivity contribution in [3.63, 3.8) is 0 Å². The van der Waals surface area contributed by atoms with Crippen LogP contribution in [0.3, 0.4) is 0 Å². The van der Waals surface area contributed by atoms with Gasteiger partial charge in [0.15, 0.2) is 0 Å². The highest BCUT2D eigenvalue weighted by molar-refractivity contribution is 6.14. The molecule has 65 heavy (non-hydrogen) atoms. The molecule has 0 saturated carbocycles. The number of benzene rings is 10. The van der Waals surface area contributed by atoms with Crippen molar-refractivity contribution < 1.29 is 0 Å². The van der Waals surface area contributed by atoms with Crippen LogP contribution in [-0.2, 0) is 10.8 Å². The Balaban J connectivity index is 1.02. The molecule has 1 aliphatic carbocycles. The van der Waals surface area contributed by atoms with E-state index in [1.165, 1.54) is 122 Å². The summed E-state index contributed by atoms with van der Waals surface area (Å²) in [5, 5.41) is 7.56. The van der Waals surface area contributed by atoms with E-state index in [4.69, 9.17) is 0 Å². The summed E-state index contributed by atoms with van der Waals surface area (Å²) in [6.45, 7) is 4.90. The first-order valence-corrected chi connectivity index (χ1v) is 22.9. The predicted molar refractivity (Wildman–Crippen MR) is 270 cm³/mol. The summed E-state index contributed by atoms with van der Waals surface area (Å²) < 4.78 is 4.97. The second kappa shape index (κ2) is 12.3. The lowest BCUT2D eigenvalue weighted by Gasteiger charge is -2.44. The van der Waals surface area contributed by atoms with E-state index in [0.717, 1.165) is 5.69 Å². The number of fused-ring (bicyclic) bond motifs is 19. The second-order valence-electron chi connectivity index (χ2n) is 18.8. The van der Waals surface area contributed by atoms with E-state index in [9.17, 15) is 0 Å². The first-order valence-electron chi connectivity index (χ1n) is 22.9. The van der Waals surface area contributed by atoms with Crippen LogP contribution in [0.5, 0.6) is 0 Å². The first-order chi connectivity index (χ1) is 32.0. The Bertz CT molecular complexity index is 4070. The molecule has 4 heterocycles. The maximum absolute atomic E-state index is 2.55. The molecule has 0 radical (unpaired) electrons. The molecular weight excluding hydrogens is 787 g/mol.